The second-order valence-corrected chi connectivity index (χ2v) is 7.73. The van der Waals surface area contributed by atoms with Gasteiger partial charge in [-0.3, -0.25) is 0 Å². The van der Waals surface area contributed by atoms with Crippen LogP contribution in [0.5, 0.6) is 0 Å². The summed E-state index contributed by atoms with van der Waals surface area (Å²) < 4.78 is 5.54. The van der Waals surface area contributed by atoms with Crippen molar-refractivity contribution in [3.8, 4) is 11.1 Å². The molecule has 1 fully saturated rings. The average molecular weight is 295 g/mol. The second kappa shape index (κ2) is 8.60. The molecule has 1 heterocycles. The van der Waals surface area contributed by atoms with Crippen molar-refractivity contribution in [2.75, 3.05) is 6.61 Å². The smallest absolute Gasteiger partial charge is 0.241 e. The minimum atomic E-state index is -0.560. The first-order valence-electron chi connectivity index (χ1n) is 7.52. The van der Waals surface area contributed by atoms with E-state index >= 15 is 0 Å². The normalized spacial score (nSPS) is 14.9. The lowest BCUT2D eigenvalue weighted by Gasteiger charge is -2.19. The summed E-state index contributed by atoms with van der Waals surface area (Å²) in [5.74, 6) is 0. The summed E-state index contributed by atoms with van der Waals surface area (Å²) in [5, 5.41) is 1.28. The molecule has 2 aromatic rings. The Hall–Kier alpha value is -1.64. The van der Waals surface area contributed by atoms with Crippen LogP contribution in [0.15, 0.2) is 72.4 Å². The van der Waals surface area contributed by atoms with Gasteiger partial charge < -0.3 is 4.43 Å². The van der Waals surface area contributed by atoms with Gasteiger partial charge in [-0.25, -0.2) is 0 Å². The summed E-state index contributed by atoms with van der Waals surface area (Å²) in [7, 11) is -0.560. The minimum Gasteiger partial charge on any atom is -0.412 e. The van der Waals surface area contributed by atoms with Crippen LogP contribution in [-0.4, -0.2) is 15.6 Å². The molecule has 1 aliphatic heterocycles. The zero-order valence-electron chi connectivity index (χ0n) is 12.7. The molecule has 0 aromatic heterocycles. The fourth-order valence-electron chi connectivity index (χ4n) is 2.25. The highest BCUT2D eigenvalue weighted by Crippen LogP contribution is 2.17. The van der Waals surface area contributed by atoms with Crippen molar-refractivity contribution < 1.29 is 4.43 Å². The molecule has 1 nitrogen and oxygen atoms in total. The van der Waals surface area contributed by atoms with Crippen LogP contribution < -0.4 is 0 Å². The van der Waals surface area contributed by atoms with Gasteiger partial charge in [-0.1, -0.05) is 72.3 Å². The van der Waals surface area contributed by atoms with Crippen LogP contribution in [0.2, 0.25) is 6.04 Å². The number of hydrogen-bond acceptors (Lipinski definition) is 1. The van der Waals surface area contributed by atoms with Crippen molar-refractivity contribution in [3.63, 3.8) is 0 Å². The van der Waals surface area contributed by atoms with Crippen molar-refractivity contribution in [3.05, 3.63) is 72.4 Å². The zero-order valence-corrected chi connectivity index (χ0v) is 13.7. The quantitative estimate of drug-likeness (QED) is 0.687. The van der Waals surface area contributed by atoms with E-state index < -0.39 is 9.04 Å². The van der Waals surface area contributed by atoms with E-state index in [1.165, 1.54) is 35.2 Å². The Labute approximate surface area is 130 Å². The van der Waals surface area contributed by atoms with E-state index in [2.05, 4.69) is 62.0 Å². The fraction of sp³-hybridized carbons (Fsp3) is 0.263. The minimum absolute atomic E-state index is 0.560. The summed E-state index contributed by atoms with van der Waals surface area (Å²) in [6.45, 7) is 6.96. The van der Waals surface area contributed by atoms with Crippen LogP contribution in [0.1, 0.15) is 19.8 Å². The molecule has 0 aliphatic carbocycles. The van der Waals surface area contributed by atoms with Crippen LogP contribution in [-0.2, 0) is 4.43 Å². The predicted octanol–water partition coefficient (Wildman–Crippen LogP) is 5.26. The lowest BCUT2D eigenvalue weighted by molar-refractivity contribution is 0.292. The lowest BCUT2D eigenvalue weighted by Crippen LogP contribution is -2.24. The molecule has 0 bridgehead atoms. The molecular weight excluding hydrogens is 272 g/mol. The van der Waals surface area contributed by atoms with Crippen molar-refractivity contribution >= 4 is 9.04 Å². The number of hydrogen-bond donors (Lipinski definition) is 0. The average Bonchev–Trinajstić information content (AvgIpc) is 2.58. The fourth-order valence-corrected chi connectivity index (χ4v) is 4.03. The first-order valence-corrected chi connectivity index (χ1v) is 9.14. The van der Waals surface area contributed by atoms with Gasteiger partial charge >= 0.3 is 0 Å². The summed E-state index contributed by atoms with van der Waals surface area (Å²) in [6.07, 6.45) is 2.60. The van der Waals surface area contributed by atoms with Gasteiger partial charge in [-0.05, 0) is 30.5 Å². The zero-order chi connectivity index (χ0) is 14.9. The molecule has 0 atom stereocenters. The van der Waals surface area contributed by atoms with E-state index in [0.29, 0.717) is 0 Å². The highest BCUT2D eigenvalue weighted by atomic mass is 28.3. The van der Waals surface area contributed by atoms with Gasteiger partial charge in [0.1, 0.15) is 0 Å². The van der Waals surface area contributed by atoms with Gasteiger partial charge in [-0.2, -0.15) is 0 Å². The van der Waals surface area contributed by atoms with E-state index in [4.69, 9.17) is 4.43 Å². The van der Waals surface area contributed by atoms with E-state index in [1.807, 2.05) is 12.1 Å². The van der Waals surface area contributed by atoms with Crippen molar-refractivity contribution in [2.45, 2.75) is 25.8 Å². The molecule has 0 saturated carbocycles. The standard InChI is InChI=1S/C12H10.C7H13OSi/c1-3-7-11(8-4-1)12-9-5-2-6-10-12;1-7(2)9-6-4-3-5-8-9/h1-10H;1,3-6H2,2H3. The topological polar surface area (TPSA) is 9.23 Å². The molecule has 1 saturated heterocycles. The van der Waals surface area contributed by atoms with Gasteiger partial charge in [-0.15, -0.1) is 6.58 Å². The van der Waals surface area contributed by atoms with E-state index in [9.17, 15) is 0 Å². The molecule has 2 heteroatoms. The SMILES string of the molecule is C=C(C)[Si]1CCCCO1.c1ccc(-c2ccccc2)cc1. The highest BCUT2D eigenvalue weighted by Gasteiger charge is 2.17. The third-order valence-corrected chi connectivity index (χ3v) is 5.74. The van der Waals surface area contributed by atoms with Crippen LogP contribution in [0.3, 0.4) is 0 Å². The molecule has 109 valence electrons. The number of rotatable bonds is 2. The molecule has 0 amide bonds. The van der Waals surface area contributed by atoms with Crippen LogP contribution >= 0.6 is 0 Å². The Kier molecular flexibility index (Phi) is 6.45. The molecular formula is C19H23OSi. The molecule has 1 radical (unpaired) electrons. The lowest BCUT2D eigenvalue weighted by atomic mass is 10.1. The van der Waals surface area contributed by atoms with Gasteiger partial charge in [0.25, 0.3) is 0 Å². The maximum atomic E-state index is 5.54. The van der Waals surface area contributed by atoms with Gasteiger partial charge in [0.05, 0.1) is 0 Å². The first kappa shape index (κ1) is 15.7. The summed E-state index contributed by atoms with van der Waals surface area (Å²) in [4.78, 5) is 0. The van der Waals surface area contributed by atoms with Gasteiger partial charge in [0, 0.05) is 6.61 Å². The Morgan fingerprint density at radius 1 is 0.905 bits per heavy atom. The van der Waals surface area contributed by atoms with E-state index in [0.717, 1.165) is 6.61 Å². The van der Waals surface area contributed by atoms with Gasteiger partial charge in [0.2, 0.25) is 9.04 Å². The summed E-state index contributed by atoms with van der Waals surface area (Å²) in [6, 6.07) is 22.1. The maximum Gasteiger partial charge on any atom is 0.241 e. The largest absolute Gasteiger partial charge is 0.412 e. The maximum absolute atomic E-state index is 5.54. The van der Waals surface area contributed by atoms with Crippen LogP contribution in [0.4, 0.5) is 0 Å². The third kappa shape index (κ3) is 5.33. The Morgan fingerprint density at radius 2 is 1.43 bits per heavy atom. The Bertz CT molecular complexity index is 493. The van der Waals surface area contributed by atoms with E-state index in [1.54, 1.807) is 0 Å². The molecule has 2 aromatic carbocycles. The molecule has 0 N–H and O–H groups in total. The van der Waals surface area contributed by atoms with Crippen molar-refractivity contribution in [1.82, 2.24) is 0 Å². The Balaban J connectivity index is 0.000000161. The van der Waals surface area contributed by atoms with Crippen molar-refractivity contribution in [1.29, 1.82) is 0 Å². The van der Waals surface area contributed by atoms with E-state index in [-0.39, 0.29) is 0 Å². The molecule has 1 aliphatic rings. The van der Waals surface area contributed by atoms with Crippen LogP contribution in [0, 0.1) is 0 Å². The van der Waals surface area contributed by atoms with Crippen molar-refractivity contribution in [2.24, 2.45) is 0 Å². The molecule has 0 spiro atoms. The monoisotopic (exact) mass is 295 g/mol. The first-order chi connectivity index (χ1) is 10.3. The molecule has 3 rings (SSSR count). The molecule has 21 heavy (non-hydrogen) atoms. The second-order valence-electron chi connectivity index (χ2n) is 5.24. The Morgan fingerprint density at radius 3 is 1.76 bits per heavy atom. The predicted molar refractivity (Wildman–Crippen MR) is 92.4 cm³/mol. The summed E-state index contributed by atoms with van der Waals surface area (Å²) >= 11 is 0. The summed E-state index contributed by atoms with van der Waals surface area (Å²) in [5.41, 5.74) is 2.55. The number of allylic oxidation sites excluding steroid dienone is 1. The van der Waals surface area contributed by atoms with Gasteiger partial charge in [0.15, 0.2) is 0 Å². The molecule has 0 unspecified atom stereocenters. The van der Waals surface area contributed by atoms with Crippen LogP contribution in [0.25, 0.3) is 11.1 Å². The highest BCUT2D eigenvalue weighted by molar-refractivity contribution is 6.60. The third-order valence-electron chi connectivity index (χ3n) is 3.43. The number of benzene rings is 2.